The number of esters is 1. The molecule has 0 bridgehead atoms. The lowest BCUT2D eigenvalue weighted by molar-refractivity contribution is -0.154. The highest BCUT2D eigenvalue weighted by Gasteiger charge is 2.41. The molecular formula is C10H18N2O5. The van der Waals surface area contributed by atoms with E-state index < -0.39 is 35.7 Å². The number of carbonyl (C=O) groups excluding carboxylic acids is 2. The van der Waals surface area contributed by atoms with Crippen molar-refractivity contribution in [2.45, 2.75) is 38.3 Å². The van der Waals surface area contributed by atoms with Crippen LogP contribution in [0.3, 0.4) is 0 Å². The van der Waals surface area contributed by atoms with Crippen LogP contribution in [0.25, 0.3) is 0 Å². The van der Waals surface area contributed by atoms with Crippen LogP contribution in [-0.4, -0.2) is 41.0 Å². The highest BCUT2D eigenvalue weighted by atomic mass is 16.5. The fraction of sp³-hybridized carbons (Fsp3) is 0.700. The average Bonchev–Trinajstić information content (AvgIpc) is 2.23. The van der Waals surface area contributed by atoms with E-state index in [0.717, 1.165) is 6.92 Å². The van der Waals surface area contributed by atoms with E-state index >= 15 is 0 Å². The maximum atomic E-state index is 11.7. The molecule has 0 rings (SSSR count). The molecule has 0 aliphatic rings. The number of nitrogens with two attached hydrogens (primary N) is 2. The van der Waals surface area contributed by atoms with Gasteiger partial charge in [0.05, 0.1) is 19.1 Å². The summed E-state index contributed by atoms with van der Waals surface area (Å²) >= 11 is 0. The van der Waals surface area contributed by atoms with Crippen LogP contribution in [-0.2, 0) is 19.1 Å². The number of aliphatic carboxylic acids is 1. The molecular weight excluding hydrogens is 228 g/mol. The predicted molar refractivity (Wildman–Crippen MR) is 59.1 cm³/mol. The lowest BCUT2D eigenvalue weighted by Gasteiger charge is -2.23. The second-order valence-corrected chi connectivity index (χ2v) is 3.91. The van der Waals surface area contributed by atoms with Gasteiger partial charge in [0.25, 0.3) is 0 Å². The van der Waals surface area contributed by atoms with Crippen LogP contribution < -0.4 is 11.5 Å². The van der Waals surface area contributed by atoms with Crippen molar-refractivity contribution >= 4 is 17.7 Å². The van der Waals surface area contributed by atoms with Crippen molar-refractivity contribution in [3.8, 4) is 0 Å². The average molecular weight is 246 g/mol. The molecule has 5 N–H and O–H groups in total. The molecule has 0 aromatic carbocycles. The Morgan fingerprint density at radius 3 is 2.35 bits per heavy atom. The quantitative estimate of drug-likeness (QED) is 0.388. The summed E-state index contributed by atoms with van der Waals surface area (Å²) in [6.45, 7) is 3.10. The van der Waals surface area contributed by atoms with Crippen LogP contribution in [0.1, 0.15) is 26.7 Å². The molecule has 0 saturated heterocycles. The van der Waals surface area contributed by atoms with Crippen LogP contribution >= 0.6 is 0 Å². The van der Waals surface area contributed by atoms with E-state index in [2.05, 4.69) is 0 Å². The first-order valence-corrected chi connectivity index (χ1v) is 5.21. The molecule has 0 saturated carbocycles. The zero-order chi connectivity index (χ0) is 13.6. The Balaban J connectivity index is 4.62. The molecule has 0 aromatic rings. The molecule has 0 fully saturated rings. The highest BCUT2D eigenvalue weighted by Crippen LogP contribution is 2.09. The molecule has 98 valence electrons. The summed E-state index contributed by atoms with van der Waals surface area (Å²) in [5.41, 5.74) is 8.96. The van der Waals surface area contributed by atoms with Gasteiger partial charge >= 0.3 is 11.9 Å². The van der Waals surface area contributed by atoms with Gasteiger partial charge in [0.15, 0.2) is 11.3 Å². The number of Topliss-reactive ketones (excluding diaryl/α,β-unsaturated/α-hetero) is 1. The summed E-state index contributed by atoms with van der Waals surface area (Å²) in [5.74, 6) is -2.98. The van der Waals surface area contributed by atoms with Gasteiger partial charge in [-0.1, -0.05) is 6.92 Å². The van der Waals surface area contributed by atoms with Crippen LogP contribution in [0.4, 0.5) is 0 Å². The molecule has 0 aromatic heterocycles. The lowest BCUT2D eigenvalue weighted by atomic mass is 9.91. The number of hydrogen-bond donors (Lipinski definition) is 3. The fourth-order valence-corrected chi connectivity index (χ4v) is 1.11. The largest absolute Gasteiger partial charge is 0.481 e. The van der Waals surface area contributed by atoms with Crippen molar-refractivity contribution < 1.29 is 24.2 Å². The summed E-state index contributed by atoms with van der Waals surface area (Å²) in [6.07, 6.45) is 0.0177. The normalized spacial score (nSPS) is 15.8. The van der Waals surface area contributed by atoms with Crippen molar-refractivity contribution in [3.05, 3.63) is 0 Å². The molecule has 0 radical (unpaired) electrons. The summed E-state index contributed by atoms with van der Waals surface area (Å²) < 4.78 is 4.74. The molecule has 0 aliphatic heterocycles. The van der Waals surface area contributed by atoms with Crippen molar-refractivity contribution in [3.63, 3.8) is 0 Å². The minimum absolute atomic E-state index is 0.146. The number of carboxylic acids is 1. The van der Waals surface area contributed by atoms with Gasteiger partial charge < -0.3 is 21.3 Å². The van der Waals surface area contributed by atoms with Crippen molar-refractivity contribution in [1.82, 2.24) is 0 Å². The number of rotatable bonds is 7. The van der Waals surface area contributed by atoms with E-state index in [4.69, 9.17) is 21.3 Å². The predicted octanol–water partition coefficient (Wildman–Crippen LogP) is -0.972. The maximum Gasteiger partial charge on any atom is 0.333 e. The topological polar surface area (TPSA) is 133 Å². The summed E-state index contributed by atoms with van der Waals surface area (Å²) in [6, 6.07) is -1.32. The summed E-state index contributed by atoms with van der Waals surface area (Å²) in [4.78, 5) is 33.6. The Labute approximate surface area is 99.1 Å². The fourth-order valence-electron chi connectivity index (χ4n) is 1.11. The number of ketones is 1. The molecule has 0 aliphatic carbocycles. The first-order valence-electron chi connectivity index (χ1n) is 5.21. The Kier molecular flexibility index (Phi) is 5.77. The smallest absolute Gasteiger partial charge is 0.333 e. The lowest BCUT2D eigenvalue weighted by Crippen LogP contribution is -2.59. The standard InChI is InChI=1S/C10H18N2O5/c1-3-4-17-9(16)10(2,12)8(15)6(11)5-7(13)14/h6H,3-5,11-12H2,1-2H3,(H,13,14)/t6-,10+/m1/s1. The number of hydrogen-bond acceptors (Lipinski definition) is 6. The van der Waals surface area contributed by atoms with Gasteiger partial charge in [0.2, 0.25) is 0 Å². The molecule has 2 atom stereocenters. The van der Waals surface area contributed by atoms with Crippen molar-refractivity contribution in [2.75, 3.05) is 6.61 Å². The van der Waals surface area contributed by atoms with Crippen LogP contribution in [0.5, 0.6) is 0 Å². The number of carbonyl (C=O) groups is 3. The summed E-state index contributed by atoms with van der Waals surface area (Å²) in [5, 5.41) is 8.49. The molecule has 7 nitrogen and oxygen atoms in total. The highest BCUT2D eigenvalue weighted by molar-refractivity contribution is 6.10. The van der Waals surface area contributed by atoms with Crippen LogP contribution in [0, 0.1) is 0 Å². The van der Waals surface area contributed by atoms with E-state index in [0.29, 0.717) is 6.42 Å². The van der Waals surface area contributed by atoms with Gasteiger partial charge in [-0.15, -0.1) is 0 Å². The molecule has 0 unspecified atom stereocenters. The Morgan fingerprint density at radius 2 is 1.94 bits per heavy atom. The second-order valence-electron chi connectivity index (χ2n) is 3.91. The minimum Gasteiger partial charge on any atom is -0.481 e. The number of ether oxygens (including phenoxy) is 1. The van der Waals surface area contributed by atoms with Gasteiger partial charge in [-0.25, -0.2) is 4.79 Å². The Morgan fingerprint density at radius 1 is 1.41 bits per heavy atom. The first kappa shape index (κ1) is 15.5. The SMILES string of the molecule is CCCOC(=O)[C@@](C)(N)C(=O)[C@H](N)CC(=O)O. The second kappa shape index (κ2) is 6.31. The third kappa shape index (κ3) is 4.49. The third-order valence-electron chi connectivity index (χ3n) is 2.10. The Hall–Kier alpha value is -1.47. The van der Waals surface area contributed by atoms with Gasteiger partial charge in [0, 0.05) is 0 Å². The van der Waals surface area contributed by atoms with Crippen molar-refractivity contribution in [2.24, 2.45) is 11.5 Å². The third-order valence-corrected chi connectivity index (χ3v) is 2.10. The molecule has 17 heavy (non-hydrogen) atoms. The summed E-state index contributed by atoms with van der Waals surface area (Å²) in [7, 11) is 0. The monoisotopic (exact) mass is 246 g/mol. The molecule has 0 amide bonds. The molecule has 0 spiro atoms. The van der Waals surface area contributed by atoms with Gasteiger partial charge in [0.1, 0.15) is 0 Å². The number of carboxylic acid groups (broad SMARTS) is 1. The van der Waals surface area contributed by atoms with E-state index in [-0.39, 0.29) is 6.61 Å². The van der Waals surface area contributed by atoms with E-state index in [1.807, 2.05) is 0 Å². The van der Waals surface area contributed by atoms with Crippen molar-refractivity contribution in [1.29, 1.82) is 0 Å². The van der Waals surface area contributed by atoms with Gasteiger partial charge in [-0.3, -0.25) is 9.59 Å². The first-order chi connectivity index (χ1) is 7.73. The maximum absolute atomic E-state index is 11.7. The van der Waals surface area contributed by atoms with Gasteiger partial charge in [-0.05, 0) is 13.3 Å². The van der Waals surface area contributed by atoms with Crippen LogP contribution in [0.15, 0.2) is 0 Å². The van der Waals surface area contributed by atoms with Crippen LogP contribution in [0.2, 0.25) is 0 Å². The molecule has 7 heteroatoms. The Bertz CT molecular complexity index is 314. The zero-order valence-corrected chi connectivity index (χ0v) is 9.93. The van der Waals surface area contributed by atoms with E-state index in [9.17, 15) is 14.4 Å². The zero-order valence-electron chi connectivity index (χ0n) is 9.93. The molecule has 0 heterocycles. The van der Waals surface area contributed by atoms with E-state index in [1.165, 1.54) is 0 Å². The van der Waals surface area contributed by atoms with E-state index in [1.54, 1.807) is 6.92 Å². The van der Waals surface area contributed by atoms with Gasteiger partial charge in [-0.2, -0.15) is 0 Å². The minimum atomic E-state index is -1.91.